The van der Waals surface area contributed by atoms with Crippen LogP contribution in [0, 0.1) is 25.2 Å². The zero-order valence-electron chi connectivity index (χ0n) is 23.0. The number of aryl methyl sites for hydroxylation is 2. The van der Waals surface area contributed by atoms with Crippen molar-refractivity contribution in [2.24, 2.45) is 0 Å². The monoisotopic (exact) mass is 622 g/mol. The second-order valence-electron chi connectivity index (χ2n) is 10.2. The van der Waals surface area contributed by atoms with Crippen LogP contribution in [-0.4, -0.2) is 36.2 Å². The lowest BCUT2D eigenvalue weighted by atomic mass is 10.1. The summed E-state index contributed by atoms with van der Waals surface area (Å²) >= 11 is 13.2. The average Bonchev–Trinajstić information content (AvgIpc) is 3.47. The van der Waals surface area contributed by atoms with Crippen molar-refractivity contribution in [3.8, 4) is 11.8 Å². The molecule has 1 amide bonds. The first-order chi connectivity index (χ1) is 20.1. The quantitative estimate of drug-likeness (QED) is 0.255. The predicted molar refractivity (Wildman–Crippen MR) is 162 cm³/mol. The van der Waals surface area contributed by atoms with Crippen LogP contribution in [0.25, 0.3) is 10.9 Å². The highest BCUT2D eigenvalue weighted by molar-refractivity contribution is 7.89. The number of para-hydroxylation sites is 1. The normalized spacial score (nSPS) is 15.5. The van der Waals surface area contributed by atoms with Gasteiger partial charge >= 0.3 is 0 Å². The molecule has 3 aromatic carbocycles. The molecule has 0 saturated carbocycles. The van der Waals surface area contributed by atoms with Crippen LogP contribution in [0.1, 0.15) is 40.8 Å². The summed E-state index contributed by atoms with van der Waals surface area (Å²) in [6.07, 6.45) is 0.912. The predicted octanol–water partition coefficient (Wildman–Crippen LogP) is 6.08. The number of ether oxygens (including phenoxy) is 1. The third-order valence-corrected chi connectivity index (χ3v) is 10.2. The van der Waals surface area contributed by atoms with Gasteiger partial charge in [0.25, 0.3) is 0 Å². The number of halogens is 2. The highest BCUT2D eigenvalue weighted by Gasteiger charge is 2.40. The molecule has 0 unspecified atom stereocenters. The number of nitriles is 1. The third kappa shape index (κ3) is 5.94. The van der Waals surface area contributed by atoms with Gasteiger partial charge in [0.1, 0.15) is 28.8 Å². The molecule has 0 aliphatic carbocycles. The van der Waals surface area contributed by atoms with E-state index < -0.39 is 22.0 Å². The molecular formula is C31H28Cl2N4O4S. The van der Waals surface area contributed by atoms with E-state index in [4.69, 9.17) is 33.2 Å². The van der Waals surface area contributed by atoms with E-state index in [2.05, 4.69) is 16.4 Å². The molecular weight excluding hydrogens is 595 g/mol. The second-order valence-corrected chi connectivity index (χ2v) is 12.8. The zero-order chi connectivity index (χ0) is 30.0. The number of sulfonamides is 1. The van der Waals surface area contributed by atoms with Crippen LogP contribution in [0.3, 0.4) is 0 Å². The number of carbonyl (C=O) groups excluding carboxylic acids is 1. The molecule has 0 spiro atoms. The fourth-order valence-electron chi connectivity index (χ4n) is 5.15. The second kappa shape index (κ2) is 12.3. The molecule has 4 aromatic rings. The number of rotatable bonds is 8. The van der Waals surface area contributed by atoms with Gasteiger partial charge < -0.3 is 10.1 Å². The first-order valence-corrected chi connectivity index (χ1v) is 15.5. The SMILES string of the molecule is Cc1cc(C)c2cccc(OCc3c(Cl)ccc(S(=O)(=O)N4CCC[C@H]4C(=O)NCc4ccc(C#N)cc4)c3Cl)c2n1. The Morgan fingerprint density at radius 1 is 1.14 bits per heavy atom. The van der Waals surface area contributed by atoms with E-state index in [9.17, 15) is 13.2 Å². The molecule has 0 bridgehead atoms. The molecule has 5 rings (SSSR count). The molecule has 1 saturated heterocycles. The van der Waals surface area contributed by atoms with Gasteiger partial charge in [0.15, 0.2) is 0 Å². The van der Waals surface area contributed by atoms with Crippen molar-refractivity contribution in [2.45, 2.75) is 50.8 Å². The van der Waals surface area contributed by atoms with Crippen molar-refractivity contribution in [1.82, 2.24) is 14.6 Å². The fraction of sp³-hybridized carbons (Fsp3) is 0.258. The number of carbonyl (C=O) groups is 1. The van der Waals surface area contributed by atoms with Crippen LogP contribution >= 0.6 is 23.2 Å². The van der Waals surface area contributed by atoms with Gasteiger partial charge in [-0.25, -0.2) is 13.4 Å². The molecule has 1 aromatic heterocycles. The van der Waals surface area contributed by atoms with Crippen molar-refractivity contribution in [3.05, 3.63) is 98.7 Å². The summed E-state index contributed by atoms with van der Waals surface area (Å²) in [6, 6.07) is 18.4. The molecule has 1 N–H and O–H groups in total. The Morgan fingerprint density at radius 2 is 1.90 bits per heavy atom. The van der Waals surface area contributed by atoms with E-state index in [0.29, 0.717) is 35.2 Å². The van der Waals surface area contributed by atoms with Crippen molar-refractivity contribution in [1.29, 1.82) is 5.26 Å². The van der Waals surface area contributed by atoms with Gasteiger partial charge in [-0.2, -0.15) is 9.57 Å². The summed E-state index contributed by atoms with van der Waals surface area (Å²) in [5.74, 6) is 0.126. The molecule has 11 heteroatoms. The molecule has 1 aliphatic heterocycles. The molecule has 42 heavy (non-hydrogen) atoms. The van der Waals surface area contributed by atoms with E-state index in [0.717, 1.165) is 22.2 Å². The maximum Gasteiger partial charge on any atom is 0.245 e. The summed E-state index contributed by atoms with van der Waals surface area (Å²) < 4.78 is 35.0. The van der Waals surface area contributed by atoms with E-state index in [1.807, 2.05) is 32.0 Å². The van der Waals surface area contributed by atoms with Gasteiger partial charge in [-0.1, -0.05) is 47.5 Å². The van der Waals surface area contributed by atoms with E-state index in [1.54, 1.807) is 30.3 Å². The topological polar surface area (TPSA) is 112 Å². The minimum absolute atomic E-state index is 0.0494. The molecule has 216 valence electrons. The third-order valence-electron chi connectivity index (χ3n) is 7.30. The molecule has 8 nitrogen and oxygen atoms in total. The Bertz CT molecular complexity index is 1820. The number of hydrogen-bond acceptors (Lipinski definition) is 6. The number of fused-ring (bicyclic) bond motifs is 1. The van der Waals surface area contributed by atoms with E-state index in [1.165, 1.54) is 16.4 Å². The van der Waals surface area contributed by atoms with Crippen molar-refractivity contribution in [2.75, 3.05) is 6.54 Å². The lowest BCUT2D eigenvalue weighted by Crippen LogP contribution is -2.45. The fourth-order valence-corrected chi connectivity index (χ4v) is 7.67. The Hall–Kier alpha value is -3.68. The van der Waals surface area contributed by atoms with Crippen LogP contribution in [0.5, 0.6) is 5.75 Å². The number of benzene rings is 3. The first kappa shape index (κ1) is 29.8. The standard InChI is InChI=1S/C31H28Cl2N4O4S/c1-19-15-20(2)36-30-23(19)5-3-7-27(30)41-18-24-25(32)12-13-28(29(24)33)42(39,40)37-14-4-6-26(37)31(38)35-17-22-10-8-21(16-34)9-11-22/h3,5,7-13,15,26H,4,6,14,17-18H2,1-2H3,(H,35,38)/t26-/m0/s1. The number of nitrogens with one attached hydrogen (secondary N) is 1. The Morgan fingerprint density at radius 3 is 2.64 bits per heavy atom. The molecule has 1 atom stereocenters. The number of nitrogens with zero attached hydrogens (tertiary/aromatic N) is 3. The smallest absolute Gasteiger partial charge is 0.245 e. The number of pyridine rings is 1. The van der Waals surface area contributed by atoms with Gasteiger partial charge in [-0.15, -0.1) is 0 Å². The van der Waals surface area contributed by atoms with Crippen LogP contribution in [-0.2, 0) is 28.0 Å². The highest BCUT2D eigenvalue weighted by atomic mass is 35.5. The number of amides is 1. The molecule has 1 aliphatic rings. The lowest BCUT2D eigenvalue weighted by Gasteiger charge is -2.24. The molecule has 2 heterocycles. The minimum Gasteiger partial charge on any atom is -0.487 e. The van der Waals surface area contributed by atoms with Gasteiger partial charge in [0.05, 0.1) is 16.7 Å². The summed E-state index contributed by atoms with van der Waals surface area (Å²) in [5, 5.41) is 13.0. The van der Waals surface area contributed by atoms with Crippen LogP contribution < -0.4 is 10.1 Å². The van der Waals surface area contributed by atoms with Crippen molar-refractivity contribution >= 4 is 50.0 Å². The summed E-state index contributed by atoms with van der Waals surface area (Å²) in [4.78, 5) is 17.6. The van der Waals surface area contributed by atoms with Crippen LogP contribution in [0.4, 0.5) is 0 Å². The number of hydrogen-bond donors (Lipinski definition) is 1. The van der Waals surface area contributed by atoms with Gasteiger partial charge in [-0.3, -0.25) is 4.79 Å². The first-order valence-electron chi connectivity index (χ1n) is 13.4. The molecule has 0 radical (unpaired) electrons. The summed E-state index contributed by atoms with van der Waals surface area (Å²) in [7, 11) is -4.15. The Kier molecular flexibility index (Phi) is 8.71. The molecule has 1 fully saturated rings. The van der Waals surface area contributed by atoms with Gasteiger partial charge in [0, 0.05) is 34.8 Å². The number of aromatic nitrogens is 1. The van der Waals surface area contributed by atoms with Crippen molar-refractivity contribution < 1.29 is 17.9 Å². The maximum absolute atomic E-state index is 13.8. The van der Waals surface area contributed by atoms with E-state index >= 15 is 0 Å². The Labute approximate surface area is 254 Å². The summed E-state index contributed by atoms with van der Waals surface area (Å²) in [6.45, 7) is 4.22. The average molecular weight is 624 g/mol. The maximum atomic E-state index is 13.8. The zero-order valence-corrected chi connectivity index (χ0v) is 25.4. The summed E-state index contributed by atoms with van der Waals surface area (Å²) in [5.41, 5.74) is 4.24. The van der Waals surface area contributed by atoms with Crippen LogP contribution in [0.2, 0.25) is 10.0 Å². The van der Waals surface area contributed by atoms with E-state index in [-0.39, 0.29) is 34.6 Å². The van der Waals surface area contributed by atoms with Crippen LogP contribution in [0.15, 0.2) is 65.6 Å². The Balaban J connectivity index is 1.36. The van der Waals surface area contributed by atoms with Crippen molar-refractivity contribution in [3.63, 3.8) is 0 Å². The minimum atomic E-state index is -4.15. The van der Waals surface area contributed by atoms with Gasteiger partial charge in [-0.05, 0) is 74.2 Å². The largest absolute Gasteiger partial charge is 0.487 e. The van der Waals surface area contributed by atoms with Gasteiger partial charge in [0.2, 0.25) is 15.9 Å². The highest BCUT2D eigenvalue weighted by Crippen LogP contribution is 2.36. The lowest BCUT2D eigenvalue weighted by molar-refractivity contribution is -0.124.